The summed E-state index contributed by atoms with van der Waals surface area (Å²) in [5, 5.41) is 23.6. The van der Waals surface area contributed by atoms with Crippen molar-refractivity contribution in [1.82, 2.24) is 19.7 Å². The van der Waals surface area contributed by atoms with Gasteiger partial charge in [-0.3, -0.25) is 0 Å². The van der Waals surface area contributed by atoms with Gasteiger partial charge in [0.05, 0.1) is 5.52 Å². The molecule has 3 rings (SSSR count). The lowest BCUT2D eigenvalue weighted by Crippen LogP contribution is -2.04. The van der Waals surface area contributed by atoms with Crippen molar-refractivity contribution in [3.8, 4) is 5.82 Å². The summed E-state index contributed by atoms with van der Waals surface area (Å²) in [6.45, 7) is 0. The molecule has 0 spiro atoms. The zero-order valence-corrected chi connectivity index (χ0v) is 11.7. The smallest absolute Gasteiger partial charge is 0.221 e. The summed E-state index contributed by atoms with van der Waals surface area (Å²) in [6.07, 6.45) is -0.155. The van der Waals surface area contributed by atoms with Crippen molar-refractivity contribution in [3.05, 3.63) is 40.6 Å². The number of fused-ring (bicyclic) bond motifs is 1. The molecule has 0 aliphatic rings. The second kappa shape index (κ2) is 4.82. The molecule has 4 N–H and O–H groups in total. The van der Waals surface area contributed by atoms with E-state index in [0.29, 0.717) is 16.7 Å². The summed E-state index contributed by atoms with van der Waals surface area (Å²) in [7, 11) is 0. The van der Waals surface area contributed by atoms with Gasteiger partial charge >= 0.3 is 0 Å². The molecule has 0 saturated carbocycles. The number of anilines is 1. The Morgan fingerprint density at radius 1 is 1.25 bits per heavy atom. The van der Waals surface area contributed by atoms with Gasteiger partial charge in [0.2, 0.25) is 5.95 Å². The first-order valence-electron chi connectivity index (χ1n) is 5.69. The van der Waals surface area contributed by atoms with Crippen molar-refractivity contribution in [2.45, 2.75) is 6.29 Å². The zero-order valence-electron chi connectivity index (χ0n) is 10.1. The predicted molar refractivity (Wildman–Crippen MR) is 76.0 cm³/mol. The molecule has 0 fully saturated rings. The Morgan fingerprint density at radius 2 is 2.05 bits per heavy atom. The largest absolute Gasteiger partial charge is 0.368 e. The minimum atomic E-state index is -1.67. The molecule has 0 unspecified atom stereocenters. The highest BCUT2D eigenvalue weighted by atomic mass is 79.9. The first-order chi connectivity index (χ1) is 9.56. The van der Waals surface area contributed by atoms with E-state index >= 15 is 0 Å². The van der Waals surface area contributed by atoms with Gasteiger partial charge < -0.3 is 15.9 Å². The average Bonchev–Trinajstić information content (AvgIpc) is 2.77. The van der Waals surface area contributed by atoms with Crippen LogP contribution in [-0.2, 0) is 0 Å². The minimum Gasteiger partial charge on any atom is -0.368 e. The number of aromatic nitrogens is 4. The first kappa shape index (κ1) is 13.0. The molecule has 0 atom stereocenters. The second-order valence-electron chi connectivity index (χ2n) is 4.11. The van der Waals surface area contributed by atoms with Crippen molar-refractivity contribution in [3.63, 3.8) is 0 Å². The molecule has 0 aliphatic carbocycles. The van der Waals surface area contributed by atoms with Crippen molar-refractivity contribution >= 4 is 32.8 Å². The van der Waals surface area contributed by atoms with Gasteiger partial charge in [0.1, 0.15) is 5.69 Å². The van der Waals surface area contributed by atoms with E-state index in [4.69, 9.17) is 5.73 Å². The van der Waals surface area contributed by atoms with E-state index in [1.54, 1.807) is 18.2 Å². The van der Waals surface area contributed by atoms with Gasteiger partial charge in [0.15, 0.2) is 12.1 Å². The Hall–Kier alpha value is -2.03. The summed E-state index contributed by atoms with van der Waals surface area (Å²) in [5.74, 6) is 0.569. The van der Waals surface area contributed by atoms with Crippen LogP contribution in [0.3, 0.4) is 0 Å². The van der Waals surface area contributed by atoms with Crippen LogP contribution in [0.25, 0.3) is 16.7 Å². The molecular formula is C12H10BrN5O2. The molecule has 0 saturated heterocycles. The van der Waals surface area contributed by atoms with Crippen LogP contribution in [0.1, 0.15) is 12.0 Å². The Morgan fingerprint density at radius 3 is 2.75 bits per heavy atom. The fourth-order valence-electron chi connectivity index (χ4n) is 1.96. The Labute approximate surface area is 121 Å². The van der Waals surface area contributed by atoms with Crippen molar-refractivity contribution in [2.75, 3.05) is 5.73 Å². The topological polar surface area (TPSA) is 110 Å². The average molecular weight is 336 g/mol. The van der Waals surface area contributed by atoms with Crippen LogP contribution in [-0.4, -0.2) is 30.0 Å². The highest BCUT2D eigenvalue weighted by Crippen LogP contribution is 2.27. The summed E-state index contributed by atoms with van der Waals surface area (Å²) in [5.41, 5.74) is 6.40. The number of rotatable bonds is 2. The highest BCUT2D eigenvalue weighted by molar-refractivity contribution is 9.10. The number of aliphatic hydroxyl groups excluding tert-OH is 1. The quantitative estimate of drug-likeness (QED) is 0.606. The van der Waals surface area contributed by atoms with Gasteiger partial charge in [-0.05, 0) is 18.2 Å². The molecule has 20 heavy (non-hydrogen) atoms. The second-order valence-corrected chi connectivity index (χ2v) is 5.02. The third-order valence-electron chi connectivity index (χ3n) is 2.79. The maximum Gasteiger partial charge on any atom is 0.221 e. The van der Waals surface area contributed by atoms with Gasteiger partial charge in [-0.2, -0.15) is 10.1 Å². The number of halogens is 1. The lowest BCUT2D eigenvalue weighted by atomic mass is 10.2. The lowest BCUT2D eigenvalue weighted by molar-refractivity contribution is -0.0449. The number of nitrogen functional groups attached to an aromatic ring is 1. The summed E-state index contributed by atoms with van der Waals surface area (Å²) in [6, 6.07) is 7.00. The molecular weight excluding hydrogens is 326 g/mol. The van der Waals surface area contributed by atoms with E-state index in [2.05, 4.69) is 31.0 Å². The molecule has 0 amide bonds. The van der Waals surface area contributed by atoms with E-state index in [1.807, 2.05) is 6.07 Å². The number of nitrogens with two attached hydrogens (primary N) is 1. The Balaban J connectivity index is 2.32. The standard InChI is InChI=1S/C12H10BrN5O2/c13-6-1-2-7-8(5-6)18(17-10(7)11(19)20)9-3-4-15-12(14)16-9/h1-5,11,19-20H,(H2,14,15,16). The van der Waals surface area contributed by atoms with E-state index in [0.717, 1.165) is 4.47 Å². The van der Waals surface area contributed by atoms with Gasteiger partial charge in [-0.25, -0.2) is 9.67 Å². The third kappa shape index (κ3) is 2.13. The molecule has 3 aromatic rings. The van der Waals surface area contributed by atoms with Crippen LogP contribution in [0.5, 0.6) is 0 Å². The van der Waals surface area contributed by atoms with E-state index in [1.165, 1.54) is 10.9 Å². The number of nitrogens with zero attached hydrogens (tertiary/aromatic N) is 4. The van der Waals surface area contributed by atoms with Crippen LogP contribution in [0.15, 0.2) is 34.9 Å². The van der Waals surface area contributed by atoms with Crippen LogP contribution < -0.4 is 5.73 Å². The number of hydrogen-bond donors (Lipinski definition) is 3. The number of benzene rings is 1. The normalized spacial score (nSPS) is 11.4. The lowest BCUT2D eigenvalue weighted by Gasteiger charge is -2.02. The van der Waals surface area contributed by atoms with Crippen molar-refractivity contribution < 1.29 is 10.2 Å². The van der Waals surface area contributed by atoms with Crippen molar-refractivity contribution in [1.29, 1.82) is 0 Å². The molecule has 2 aromatic heterocycles. The first-order valence-corrected chi connectivity index (χ1v) is 6.49. The van der Waals surface area contributed by atoms with Crippen LogP contribution in [0.2, 0.25) is 0 Å². The molecule has 0 bridgehead atoms. The van der Waals surface area contributed by atoms with Gasteiger partial charge in [0, 0.05) is 22.1 Å². The molecule has 7 nitrogen and oxygen atoms in total. The SMILES string of the molecule is Nc1nccc(-n2nc(C(O)O)c3ccc(Br)cc32)n1. The van der Waals surface area contributed by atoms with Gasteiger partial charge in [-0.1, -0.05) is 15.9 Å². The van der Waals surface area contributed by atoms with Crippen molar-refractivity contribution in [2.24, 2.45) is 0 Å². The molecule has 1 aromatic carbocycles. The molecule has 0 aliphatic heterocycles. The third-order valence-corrected chi connectivity index (χ3v) is 3.29. The van der Waals surface area contributed by atoms with Gasteiger partial charge in [-0.15, -0.1) is 0 Å². The monoisotopic (exact) mass is 335 g/mol. The van der Waals surface area contributed by atoms with E-state index in [9.17, 15) is 10.2 Å². The zero-order chi connectivity index (χ0) is 14.3. The van der Waals surface area contributed by atoms with Crippen LogP contribution in [0.4, 0.5) is 5.95 Å². The molecule has 8 heteroatoms. The predicted octanol–water partition coefficient (Wildman–Crippen LogP) is 1.14. The highest BCUT2D eigenvalue weighted by Gasteiger charge is 2.17. The Bertz CT molecular complexity index is 787. The fraction of sp³-hybridized carbons (Fsp3) is 0.0833. The number of hydrogen-bond acceptors (Lipinski definition) is 6. The Kier molecular flexibility index (Phi) is 3.13. The molecule has 102 valence electrons. The fourth-order valence-corrected chi connectivity index (χ4v) is 2.31. The summed E-state index contributed by atoms with van der Waals surface area (Å²) in [4.78, 5) is 7.91. The maximum atomic E-state index is 9.42. The molecule has 2 heterocycles. The minimum absolute atomic E-state index is 0.118. The summed E-state index contributed by atoms with van der Waals surface area (Å²) >= 11 is 3.38. The molecule has 0 radical (unpaired) electrons. The van der Waals surface area contributed by atoms with E-state index < -0.39 is 6.29 Å². The van der Waals surface area contributed by atoms with Gasteiger partial charge in [0.25, 0.3) is 0 Å². The summed E-state index contributed by atoms with van der Waals surface area (Å²) < 4.78 is 2.33. The van der Waals surface area contributed by atoms with E-state index in [-0.39, 0.29) is 11.6 Å². The van der Waals surface area contributed by atoms with Crippen LogP contribution >= 0.6 is 15.9 Å². The van der Waals surface area contributed by atoms with Crippen LogP contribution in [0, 0.1) is 0 Å². The number of aliphatic hydroxyl groups is 2. The maximum absolute atomic E-state index is 9.42.